The molecule has 0 spiro atoms. The number of hydrogen-bond donors (Lipinski definition) is 6. The van der Waals surface area contributed by atoms with E-state index in [9.17, 15) is 31.9 Å². The van der Waals surface area contributed by atoms with Gasteiger partial charge in [0.2, 0.25) is 17.2 Å². The summed E-state index contributed by atoms with van der Waals surface area (Å²) in [4.78, 5) is 38.6. The third-order valence-corrected chi connectivity index (χ3v) is 9.27. The number of carbonyl (C=O) groups excluding carboxylic acids is 1. The lowest BCUT2D eigenvalue weighted by Gasteiger charge is -2.24. The number of aromatic hydroxyl groups is 1. The van der Waals surface area contributed by atoms with E-state index in [1.807, 2.05) is 0 Å². The van der Waals surface area contributed by atoms with Gasteiger partial charge in [-0.1, -0.05) is 24.3 Å². The van der Waals surface area contributed by atoms with E-state index in [0.29, 0.717) is 27.6 Å². The Kier molecular flexibility index (Phi) is 8.40. The normalized spacial score (nSPS) is 12.7. The molecule has 0 bridgehead atoms. The number of rotatable bonds is 9. The van der Waals surface area contributed by atoms with Crippen molar-refractivity contribution in [3.63, 3.8) is 0 Å². The Morgan fingerprint density at radius 2 is 1.53 bits per heavy atom. The summed E-state index contributed by atoms with van der Waals surface area (Å²) in [7, 11) is -3.22. The second-order valence-corrected chi connectivity index (χ2v) is 13.3. The smallest absolute Gasteiger partial charge is 0.357 e. The number of nitrogens with zero attached hydrogens (tertiary/aromatic N) is 4. The highest BCUT2D eigenvalue weighted by atomic mass is 35.5. The topological polar surface area (TPSA) is 235 Å². The van der Waals surface area contributed by atoms with Gasteiger partial charge in [-0.15, -0.1) is 0 Å². The van der Waals surface area contributed by atoms with E-state index in [-0.39, 0.29) is 68.3 Å². The van der Waals surface area contributed by atoms with Crippen LogP contribution in [0.2, 0.25) is 5.28 Å². The Bertz CT molecular complexity index is 2650. The number of hydrogen-bond acceptors (Lipinski definition) is 13. The Morgan fingerprint density at radius 1 is 0.824 bits per heavy atom. The number of phenolic OH excluding ortho intramolecular Hbond substituents is 1. The Balaban J connectivity index is 1.28. The molecule has 7 rings (SSSR count). The fourth-order valence-electron chi connectivity index (χ4n) is 5.71. The van der Waals surface area contributed by atoms with E-state index in [1.165, 1.54) is 41.0 Å². The monoisotopic (exact) mass is 747 g/mol. The van der Waals surface area contributed by atoms with Crippen LogP contribution in [0.3, 0.4) is 0 Å². The van der Waals surface area contributed by atoms with Crippen LogP contribution in [0.4, 0.5) is 34.6 Å². The molecule has 0 amide bonds. The molecule has 258 valence electrons. The molecule has 2 heterocycles. The molecule has 51 heavy (non-hydrogen) atoms. The molecule has 1 atom stereocenters. The second kappa shape index (κ2) is 12.8. The lowest BCUT2D eigenvalue weighted by molar-refractivity contribution is 0.104. The van der Waals surface area contributed by atoms with Crippen LogP contribution in [0.5, 0.6) is 11.5 Å². The molecule has 2 aromatic heterocycles. The molecule has 6 aromatic rings. The van der Waals surface area contributed by atoms with Gasteiger partial charge in [0, 0.05) is 35.8 Å². The lowest BCUT2D eigenvalue weighted by atomic mass is 9.83. The van der Waals surface area contributed by atoms with Crippen LogP contribution in [0.1, 0.15) is 15.9 Å². The Hall–Kier alpha value is -5.92. The fourth-order valence-corrected chi connectivity index (χ4v) is 6.78. The van der Waals surface area contributed by atoms with Crippen molar-refractivity contribution in [2.75, 3.05) is 16.0 Å². The molecule has 0 saturated heterocycles. The van der Waals surface area contributed by atoms with Gasteiger partial charge in [-0.05, 0) is 65.2 Å². The summed E-state index contributed by atoms with van der Waals surface area (Å²) in [6.45, 7) is 0. The third-order valence-electron chi connectivity index (χ3n) is 7.87. The molecule has 1 aliphatic carbocycles. The first-order chi connectivity index (χ1) is 24.3. The number of carbonyl (C=O) groups is 1. The molecule has 0 aliphatic heterocycles. The quantitative estimate of drug-likeness (QED) is 0.0625. The Morgan fingerprint density at radius 3 is 2.25 bits per heavy atom. The van der Waals surface area contributed by atoms with Crippen molar-refractivity contribution in [1.82, 2.24) is 19.5 Å². The van der Waals surface area contributed by atoms with E-state index in [2.05, 4.69) is 30.9 Å². The van der Waals surface area contributed by atoms with Crippen molar-refractivity contribution in [3.05, 3.63) is 106 Å². The summed E-state index contributed by atoms with van der Waals surface area (Å²) in [6, 6.07) is 18.9. The number of ketones is 1. The molecule has 16 nitrogen and oxygen atoms in total. The van der Waals surface area contributed by atoms with Crippen molar-refractivity contribution in [3.8, 4) is 22.6 Å². The van der Waals surface area contributed by atoms with E-state index in [1.54, 1.807) is 37.4 Å². The van der Waals surface area contributed by atoms with E-state index in [0.717, 1.165) is 12.1 Å². The molecular formula is C32H22ClN7O9S2. The molecule has 6 N–H and O–H groups in total. The maximum absolute atomic E-state index is 14.0. The highest BCUT2D eigenvalue weighted by Crippen LogP contribution is 2.43. The van der Waals surface area contributed by atoms with Crippen LogP contribution >= 0.6 is 11.6 Å². The molecular weight excluding hydrogens is 726 g/mol. The highest BCUT2D eigenvalue weighted by Gasteiger charge is 2.30. The van der Waals surface area contributed by atoms with Crippen LogP contribution in [-0.4, -0.2) is 52.1 Å². The first-order valence-electron chi connectivity index (χ1n) is 14.5. The van der Waals surface area contributed by atoms with Crippen molar-refractivity contribution < 1.29 is 35.8 Å². The van der Waals surface area contributed by atoms with Gasteiger partial charge < -0.3 is 29.8 Å². The number of nitrogens with one attached hydrogen (secondary N) is 3. The minimum atomic E-state index is -4.80. The van der Waals surface area contributed by atoms with Crippen LogP contribution < -0.4 is 25.7 Å². The average Bonchev–Trinajstić information content (AvgIpc) is 3.06. The molecule has 0 radical (unpaired) electrons. The van der Waals surface area contributed by atoms with Gasteiger partial charge in [0.25, 0.3) is 15.7 Å². The third kappa shape index (κ3) is 6.44. The number of pyridine rings is 1. The van der Waals surface area contributed by atoms with Crippen LogP contribution in [0, 0.1) is 0 Å². The van der Waals surface area contributed by atoms with Crippen molar-refractivity contribution >= 4 is 84.4 Å². The largest absolute Gasteiger partial charge is 0.508 e. The fraction of sp³-hybridized carbons (Fsp3) is 0.0312. The summed E-state index contributed by atoms with van der Waals surface area (Å²) in [5.41, 5.74) is 2.25. The summed E-state index contributed by atoms with van der Waals surface area (Å²) >= 11 is 3.43. The van der Waals surface area contributed by atoms with Gasteiger partial charge in [-0.3, -0.25) is 18.7 Å². The van der Waals surface area contributed by atoms with Gasteiger partial charge >= 0.3 is 11.4 Å². The minimum absolute atomic E-state index is 0.0900. The van der Waals surface area contributed by atoms with Crippen LogP contribution in [0.15, 0.2) is 88.6 Å². The van der Waals surface area contributed by atoms with Crippen molar-refractivity contribution in [2.24, 2.45) is 7.05 Å². The summed E-state index contributed by atoms with van der Waals surface area (Å²) in [6.07, 6.45) is 0. The molecule has 4 aromatic carbocycles. The standard InChI is InChI=1S/C32H22ClN7O9S2/c1-40-23-10-9-21(28-27(23)19(14-26(40)42)17-4-2-3-5-18(17)29(28)43)35-22-12-15(6-11-25(22)51(46,47)48)34-31-37-30(33)38-32(39-31)36-20-8-7-16(41)13-24(20)49-50(44)45/h2-14,35,41H,1H3,(H,44,45)(H,46,47,48)(H2,34,36,37,38,39). The number of anilines is 6. The average molecular weight is 748 g/mol. The summed E-state index contributed by atoms with van der Waals surface area (Å²) in [5, 5.41) is 18.6. The molecule has 0 saturated carbocycles. The van der Waals surface area contributed by atoms with E-state index < -0.39 is 26.4 Å². The zero-order valence-electron chi connectivity index (χ0n) is 25.8. The van der Waals surface area contributed by atoms with Crippen LogP contribution in [0.25, 0.3) is 22.0 Å². The van der Waals surface area contributed by atoms with E-state index in [4.69, 9.17) is 20.3 Å². The first kappa shape index (κ1) is 33.6. The molecule has 1 aliphatic rings. The van der Waals surface area contributed by atoms with Crippen LogP contribution in [-0.2, 0) is 28.5 Å². The highest BCUT2D eigenvalue weighted by molar-refractivity contribution is 7.86. The van der Waals surface area contributed by atoms with Gasteiger partial charge in [-0.2, -0.15) is 27.6 Å². The Labute approximate surface area is 295 Å². The number of phenols is 1. The second-order valence-electron chi connectivity index (χ2n) is 11.0. The SMILES string of the molecule is Cn1c(=O)cc2c3c(c(Nc4cc(Nc5nc(Cl)nc(Nc6ccc(O)cc6OS(=O)O)n5)ccc4S(=O)(=O)O)ccc31)C(=O)c1ccccc1-2. The van der Waals surface area contributed by atoms with Gasteiger partial charge in [-0.25, -0.2) is 0 Å². The predicted octanol–water partition coefficient (Wildman–Crippen LogP) is 5.29. The summed E-state index contributed by atoms with van der Waals surface area (Å²) in [5.74, 6) is -1.10. The number of aromatic nitrogens is 4. The van der Waals surface area contributed by atoms with Crippen molar-refractivity contribution in [1.29, 1.82) is 0 Å². The zero-order chi connectivity index (χ0) is 36.2. The molecule has 0 fully saturated rings. The molecule has 19 heteroatoms. The first-order valence-corrected chi connectivity index (χ1v) is 17.4. The lowest BCUT2D eigenvalue weighted by Crippen LogP contribution is -2.21. The predicted molar refractivity (Wildman–Crippen MR) is 189 cm³/mol. The zero-order valence-corrected chi connectivity index (χ0v) is 28.2. The number of fused-ring (bicyclic) bond motifs is 2. The van der Waals surface area contributed by atoms with Gasteiger partial charge in [0.05, 0.1) is 28.1 Å². The minimum Gasteiger partial charge on any atom is -0.508 e. The number of benzene rings is 4. The number of halogens is 1. The summed E-state index contributed by atoms with van der Waals surface area (Å²) < 4.78 is 61.8. The van der Waals surface area contributed by atoms with Crippen molar-refractivity contribution in [2.45, 2.75) is 4.90 Å². The van der Waals surface area contributed by atoms with Gasteiger partial charge in [0.1, 0.15) is 10.6 Å². The van der Waals surface area contributed by atoms with Gasteiger partial charge in [0.15, 0.2) is 11.5 Å². The van der Waals surface area contributed by atoms with E-state index >= 15 is 0 Å². The maximum atomic E-state index is 14.0. The molecule has 1 unspecified atom stereocenters. The number of aryl methyl sites for hydroxylation is 1. The maximum Gasteiger partial charge on any atom is 0.357 e.